The van der Waals surface area contributed by atoms with Gasteiger partial charge >= 0.3 is 0 Å². The SMILES string of the molecule is CCCCCCCC(C)Nc1ncnc2ccccc12. The van der Waals surface area contributed by atoms with Crippen molar-refractivity contribution in [3.63, 3.8) is 0 Å². The van der Waals surface area contributed by atoms with E-state index in [1.165, 1.54) is 38.5 Å². The van der Waals surface area contributed by atoms with Crippen LogP contribution < -0.4 is 5.32 Å². The number of nitrogens with zero attached hydrogens (tertiary/aromatic N) is 2. The van der Waals surface area contributed by atoms with Gasteiger partial charge < -0.3 is 5.32 Å². The normalized spacial score (nSPS) is 12.5. The lowest BCUT2D eigenvalue weighted by molar-refractivity contribution is 0.578. The molecule has 2 rings (SSSR count). The number of benzene rings is 1. The van der Waals surface area contributed by atoms with Crippen LogP contribution in [0, 0.1) is 0 Å². The van der Waals surface area contributed by atoms with Crippen molar-refractivity contribution in [1.29, 1.82) is 0 Å². The van der Waals surface area contributed by atoms with E-state index in [0.717, 1.165) is 16.7 Å². The molecular weight excluding hydrogens is 246 g/mol. The van der Waals surface area contributed by atoms with Gasteiger partial charge in [0.1, 0.15) is 12.1 Å². The van der Waals surface area contributed by atoms with Gasteiger partial charge in [-0.05, 0) is 25.5 Å². The lowest BCUT2D eigenvalue weighted by atomic mass is 10.1. The third-order valence-electron chi connectivity index (χ3n) is 3.67. The van der Waals surface area contributed by atoms with Crippen LogP contribution in [0.15, 0.2) is 30.6 Å². The van der Waals surface area contributed by atoms with Gasteiger partial charge in [0.05, 0.1) is 5.52 Å². The van der Waals surface area contributed by atoms with E-state index in [-0.39, 0.29) is 0 Å². The van der Waals surface area contributed by atoms with Crippen molar-refractivity contribution in [3.05, 3.63) is 30.6 Å². The summed E-state index contributed by atoms with van der Waals surface area (Å²) in [4.78, 5) is 8.68. The Morgan fingerprint density at radius 3 is 2.70 bits per heavy atom. The molecule has 1 aromatic heterocycles. The summed E-state index contributed by atoms with van der Waals surface area (Å²) in [5.74, 6) is 0.955. The van der Waals surface area contributed by atoms with Crippen molar-refractivity contribution >= 4 is 16.7 Å². The number of hydrogen-bond donors (Lipinski definition) is 1. The van der Waals surface area contributed by atoms with Gasteiger partial charge in [-0.15, -0.1) is 0 Å². The molecule has 0 saturated heterocycles. The van der Waals surface area contributed by atoms with Crippen LogP contribution >= 0.6 is 0 Å². The molecule has 0 aliphatic carbocycles. The number of hydrogen-bond acceptors (Lipinski definition) is 3. The molecule has 2 aromatic rings. The van der Waals surface area contributed by atoms with E-state index in [2.05, 4.69) is 35.2 Å². The summed E-state index contributed by atoms with van der Waals surface area (Å²) in [6, 6.07) is 8.60. The monoisotopic (exact) mass is 271 g/mol. The van der Waals surface area contributed by atoms with Crippen LogP contribution in [-0.2, 0) is 0 Å². The van der Waals surface area contributed by atoms with E-state index in [4.69, 9.17) is 0 Å². The summed E-state index contributed by atoms with van der Waals surface area (Å²) in [5.41, 5.74) is 1.00. The van der Waals surface area contributed by atoms with Gasteiger partial charge in [-0.3, -0.25) is 0 Å². The minimum absolute atomic E-state index is 0.454. The molecule has 0 radical (unpaired) electrons. The van der Waals surface area contributed by atoms with Gasteiger partial charge in [0, 0.05) is 11.4 Å². The van der Waals surface area contributed by atoms with Crippen molar-refractivity contribution in [2.24, 2.45) is 0 Å². The number of aromatic nitrogens is 2. The van der Waals surface area contributed by atoms with Gasteiger partial charge in [0.15, 0.2) is 0 Å². The smallest absolute Gasteiger partial charge is 0.137 e. The summed E-state index contributed by atoms with van der Waals surface area (Å²) in [6.07, 6.45) is 9.49. The second-order valence-electron chi connectivity index (χ2n) is 5.49. The van der Waals surface area contributed by atoms with Crippen molar-refractivity contribution in [1.82, 2.24) is 9.97 Å². The fourth-order valence-corrected chi connectivity index (χ4v) is 2.48. The zero-order valence-corrected chi connectivity index (χ0v) is 12.6. The molecule has 1 unspecified atom stereocenters. The Labute approximate surface area is 121 Å². The Morgan fingerprint density at radius 1 is 1.05 bits per heavy atom. The second kappa shape index (κ2) is 7.83. The molecule has 0 amide bonds. The molecular formula is C17H25N3. The number of nitrogens with one attached hydrogen (secondary N) is 1. The first-order chi connectivity index (χ1) is 9.81. The Morgan fingerprint density at radius 2 is 1.85 bits per heavy atom. The second-order valence-corrected chi connectivity index (χ2v) is 5.49. The molecule has 0 aliphatic heterocycles. The predicted octanol–water partition coefficient (Wildman–Crippen LogP) is 4.79. The molecule has 3 nitrogen and oxygen atoms in total. The summed E-state index contributed by atoms with van der Waals surface area (Å²) >= 11 is 0. The molecule has 108 valence electrons. The Bertz CT molecular complexity index is 519. The summed E-state index contributed by atoms with van der Waals surface area (Å²) < 4.78 is 0. The van der Waals surface area contributed by atoms with Crippen molar-refractivity contribution in [3.8, 4) is 0 Å². The van der Waals surface area contributed by atoms with Crippen molar-refractivity contribution in [2.45, 2.75) is 58.4 Å². The predicted molar refractivity (Wildman–Crippen MR) is 86.0 cm³/mol. The summed E-state index contributed by atoms with van der Waals surface area (Å²) in [7, 11) is 0. The molecule has 1 aromatic carbocycles. The minimum atomic E-state index is 0.454. The lowest BCUT2D eigenvalue weighted by Gasteiger charge is -2.15. The number of fused-ring (bicyclic) bond motifs is 1. The molecule has 0 spiro atoms. The zero-order valence-electron chi connectivity index (χ0n) is 12.6. The standard InChI is InChI=1S/C17H25N3/c1-3-4-5-6-7-10-14(2)20-17-15-11-8-9-12-16(15)18-13-19-17/h8-9,11-14H,3-7,10H2,1-2H3,(H,18,19,20). The molecule has 0 aliphatic rings. The van der Waals surface area contributed by atoms with Crippen LogP contribution in [0.5, 0.6) is 0 Å². The van der Waals surface area contributed by atoms with Crippen LogP contribution in [0.3, 0.4) is 0 Å². The minimum Gasteiger partial charge on any atom is -0.367 e. The lowest BCUT2D eigenvalue weighted by Crippen LogP contribution is -2.16. The maximum absolute atomic E-state index is 4.38. The van der Waals surface area contributed by atoms with Gasteiger partial charge in [0.2, 0.25) is 0 Å². The first-order valence-electron chi connectivity index (χ1n) is 7.77. The van der Waals surface area contributed by atoms with E-state index >= 15 is 0 Å². The number of rotatable bonds is 8. The molecule has 1 heterocycles. The molecule has 20 heavy (non-hydrogen) atoms. The van der Waals surface area contributed by atoms with E-state index in [9.17, 15) is 0 Å². The van der Waals surface area contributed by atoms with Crippen LogP contribution in [0.1, 0.15) is 52.4 Å². The number of anilines is 1. The van der Waals surface area contributed by atoms with Crippen LogP contribution in [0.2, 0.25) is 0 Å². The third-order valence-corrected chi connectivity index (χ3v) is 3.67. The zero-order chi connectivity index (χ0) is 14.2. The van der Waals surface area contributed by atoms with E-state index < -0.39 is 0 Å². The fraction of sp³-hybridized carbons (Fsp3) is 0.529. The Kier molecular flexibility index (Phi) is 5.78. The highest BCUT2D eigenvalue weighted by Gasteiger charge is 2.06. The van der Waals surface area contributed by atoms with E-state index in [0.29, 0.717) is 6.04 Å². The maximum Gasteiger partial charge on any atom is 0.137 e. The van der Waals surface area contributed by atoms with E-state index in [1.54, 1.807) is 6.33 Å². The molecule has 1 atom stereocenters. The highest BCUT2D eigenvalue weighted by atomic mass is 15.0. The van der Waals surface area contributed by atoms with Crippen molar-refractivity contribution < 1.29 is 0 Å². The van der Waals surface area contributed by atoms with Gasteiger partial charge in [-0.25, -0.2) is 9.97 Å². The Balaban J connectivity index is 1.88. The largest absolute Gasteiger partial charge is 0.367 e. The highest BCUT2D eigenvalue weighted by molar-refractivity contribution is 5.88. The molecule has 0 bridgehead atoms. The average Bonchev–Trinajstić information content (AvgIpc) is 2.47. The topological polar surface area (TPSA) is 37.8 Å². The molecule has 3 heteroatoms. The van der Waals surface area contributed by atoms with Gasteiger partial charge in [-0.2, -0.15) is 0 Å². The summed E-state index contributed by atoms with van der Waals surface area (Å²) in [5, 5.41) is 4.63. The van der Waals surface area contributed by atoms with E-state index in [1.807, 2.05) is 18.2 Å². The molecule has 1 N–H and O–H groups in total. The highest BCUT2D eigenvalue weighted by Crippen LogP contribution is 2.20. The number of para-hydroxylation sites is 1. The van der Waals surface area contributed by atoms with Crippen molar-refractivity contribution in [2.75, 3.05) is 5.32 Å². The van der Waals surface area contributed by atoms with Crippen LogP contribution in [0.25, 0.3) is 10.9 Å². The van der Waals surface area contributed by atoms with Gasteiger partial charge in [0.25, 0.3) is 0 Å². The number of unbranched alkanes of at least 4 members (excludes halogenated alkanes) is 4. The third kappa shape index (κ3) is 4.19. The summed E-state index contributed by atoms with van der Waals surface area (Å²) in [6.45, 7) is 4.49. The quantitative estimate of drug-likeness (QED) is 0.701. The van der Waals surface area contributed by atoms with Gasteiger partial charge in [-0.1, -0.05) is 51.2 Å². The Hall–Kier alpha value is -1.64. The first kappa shape index (κ1) is 14.8. The molecule has 0 saturated carbocycles. The fourth-order valence-electron chi connectivity index (χ4n) is 2.48. The maximum atomic E-state index is 4.38. The van der Waals surface area contributed by atoms with Crippen LogP contribution in [-0.4, -0.2) is 16.0 Å². The average molecular weight is 271 g/mol. The molecule has 0 fully saturated rings. The first-order valence-corrected chi connectivity index (χ1v) is 7.77. The van der Waals surface area contributed by atoms with Crippen LogP contribution in [0.4, 0.5) is 5.82 Å².